The van der Waals surface area contributed by atoms with Gasteiger partial charge < -0.3 is 10.2 Å². The predicted octanol–water partition coefficient (Wildman–Crippen LogP) is 0.235. The van der Waals surface area contributed by atoms with E-state index in [4.69, 9.17) is 0 Å². The van der Waals surface area contributed by atoms with E-state index in [0.29, 0.717) is 12.3 Å². The van der Waals surface area contributed by atoms with Crippen molar-refractivity contribution in [1.82, 2.24) is 34.3 Å². The molecule has 1 fully saturated rings. The van der Waals surface area contributed by atoms with Gasteiger partial charge in [0.25, 0.3) is 5.78 Å². The van der Waals surface area contributed by atoms with Gasteiger partial charge in [-0.1, -0.05) is 0 Å². The Kier molecular flexibility index (Phi) is 4.48. The molecule has 0 saturated carbocycles. The monoisotopic (exact) mass is 369 g/mol. The zero-order valence-corrected chi connectivity index (χ0v) is 15.8. The van der Waals surface area contributed by atoms with E-state index in [0.717, 1.165) is 49.2 Å². The average Bonchev–Trinajstić information content (AvgIpc) is 3.21. The van der Waals surface area contributed by atoms with Gasteiger partial charge in [0, 0.05) is 51.1 Å². The van der Waals surface area contributed by atoms with Crippen LogP contribution in [0.1, 0.15) is 11.4 Å². The third-order valence-corrected chi connectivity index (χ3v) is 4.69. The Morgan fingerprint density at radius 3 is 2.63 bits per heavy atom. The quantitative estimate of drug-likeness (QED) is 0.703. The predicted molar refractivity (Wildman–Crippen MR) is 101 cm³/mol. The Morgan fingerprint density at radius 2 is 1.93 bits per heavy atom. The van der Waals surface area contributed by atoms with Crippen molar-refractivity contribution in [2.45, 2.75) is 13.8 Å². The zero-order chi connectivity index (χ0) is 19.0. The van der Waals surface area contributed by atoms with Crippen molar-refractivity contribution in [3.05, 3.63) is 29.8 Å². The Bertz CT molecular complexity index is 968. The van der Waals surface area contributed by atoms with E-state index < -0.39 is 0 Å². The fourth-order valence-electron chi connectivity index (χ4n) is 3.38. The van der Waals surface area contributed by atoms with Gasteiger partial charge in [0.05, 0.1) is 12.2 Å². The van der Waals surface area contributed by atoms with Crippen LogP contribution in [0.4, 0.5) is 11.6 Å². The summed E-state index contributed by atoms with van der Waals surface area (Å²) < 4.78 is 3.44. The maximum absolute atomic E-state index is 12.3. The van der Waals surface area contributed by atoms with Crippen molar-refractivity contribution < 1.29 is 4.79 Å². The normalized spacial score (nSPS) is 15.4. The molecule has 1 amide bonds. The lowest BCUT2D eigenvalue weighted by Crippen LogP contribution is -2.49. The number of amides is 1. The molecule has 1 saturated heterocycles. The lowest BCUT2D eigenvalue weighted by molar-refractivity contribution is -0.117. The number of piperazine rings is 1. The molecule has 0 aliphatic carbocycles. The van der Waals surface area contributed by atoms with Crippen LogP contribution in [0.3, 0.4) is 0 Å². The molecule has 1 aliphatic rings. The van der Waals surface area contributed by atoms with Gasteiger partial charge in [-0.15, -0.1) is 0 Å². The number of hydrogen-bond donors (Lipinski definition) is 1. The molecular weight excluding hydrogens is 346 g/mol. The topological polar surface area (TPSA) is 96.5 Å². The van der Waals surface area contributed by atoms with Gasteiger partial charge in [0.2, 0.25) is 5.91 Å². The van der Waals surface area contributed by atoms with Crippen molar-refractivity contribution in [3.8, 4) is 0 Å². The molecular formula is C17H23N9O. The number of aromatic nitrogens is 6. The summed E-state index contributed by atoms with van der Waals surface area (Å²) in [6.45, 7) is 7.46. The minimum Gasteiger partial charge on any atom is -0.354 e. The van der Waals surface area contributed by atoms with Crippen molar-refractivity contribution in [1.29, 1.82) is 0 Å². The molecule has 0 aromatic carbocycles. The first-order chi connectivity index (χ1) is 13.0. The van der Waals surface area contributed by atoms with Crippen LogP contribution >= 0.6 is 0 Å². The number of carbonyl (C=O) groups excluding carboxylic acids is 1. The smallest absolute Gasteiger partial charge is 0.254 e. The molecule has 0 spiro atoms. The number of carbonyl (C=O) groups is 1. The fourth-order valence-corrected chi connectivity index (χ4v) is 3.38. The highest BCUT2D eigenvalue weighted by Gasteiger charge is 2.22. The minimum atomic E-state index is -0.0233. The van der Waals surface area contributed by atoms with Gasteiger partial charge >= 0.3 is 0 Å². The lowest BCUT2D eigenvalue weighted by atomic mass is 10.3. The molecule has 142 valence electrons. The standard InChI is InChI=1S/C17H23N9O/c1-12-9-16(26-17(20-12)18-11-19-26)25-6-4-24(5-7-25)10-15(27)21-14-8-13(2)22-23(14)3/h8-9,11H,4-7,10H2,1-3H3,(H,21,27). The van der Waals surface area contributed by atoms with Crippen LogP contribution < -0.4 is 10.2 Å². The highest BCUT2D eigenvalue weighted by Crippen LogP contribution is 2.18. The van der Waals surface area contributed by atoms with Gasteiger partial charge in [-0.3, -0.25) is 14.4 Å². The van der Waals surface area contributed by atoms with Gasteiger partial charge in [0.1, 0.15) is 18.0 Å². The number of aryl methyl sites for hydroxylation is 3. The molecule has 0 bridgehead atoms. The van der Waals surface area contributed by atoms with Crippen molar-refractivity contribution in [3.63, 3.8) is 0 Å². The Balaban J connectivity index is 1.36. The van der Waals surface area contributed by atoms with Crippen LogP contribution in [-0.4, -0.2) is 72.9 Å². The van der Waals surface area contributed by atoms with E-state index in [1.165, 1.54) is 6.33 Å². The van der Waals surface area contributed by atoms with E-state index in [1.807, 2.05) is 33.0 Å². The second kappa shape index (κ2) is 6.95. The number of rotatable bonds is 4. The van der Waals surface area contributed by atoms with Crippen molar-refractivity contribution in [2.75, 3.05) is 42.9 Å². The summed E-state index contributed by atoms with van der Waals surface area (Å²) >= 11 is 0. The highest BCUT2D eigenvalue weighted by atomic mass is 16.2. The number of nitrogens with one attached hydrogen (secondary N) is 1. The Labute approximate surface area is 156 Å². The summed E-state index contributed by atoms with van der Waals surface area (Å²) in [5.74, 6) is 2.30. The first-order valence-corrected chi connectivity index (χ1v) is 8.95. The summed E-state index contributed by atoms with van der Waals surface area (Å²) in [5, 5.41) is 11.4. The average molecular weight is 369 g/mol. The first kappa shape index (κ1) is 17.4. The van der Waals surface area contributed by atoms with Gasteiger partial charge in [0.15, 0.2) is 0 Å². The zero-order valence-electron chi connectivity index (χ0n) is 15.8. The second-order valence-electron chi connectivity index (χ2n) is 6.83. The van der Waals surface area contributed by atoms with Crippen LogP contribution in [-0.2, 0) is 11.8 Å². The number of fused-ring (bicyclic) bond motifs is 1. The lowest BCUT2D eigenvalue weighted by Gasteiger charge is -2.35. The molecule has 27 heavy (non-hydrogen) atoms. The SMILES string of the molecule is Cc1cc(N2CCN(CC(=O)Nc3cc(C)nn3C)CC2)n2ncnc2n1. The molecule has 4 heterocycles. The summed E-state index contributed by atoms with van der Waals surface area (Å²) in [5.41, 5.74) is 1.80. The molecule has 10 heteroatoms. The third kappa shape index (κ3) is 3.61. The van der Waals surface area contributed by atoms with Crippen LogP contribution in [0.15, 0.2) is 18.5 Å². The molecule has 10 nitrogen and oxygen atoms in total. The number of anilines is 2. The summed E-state index contributed by atoms with van der Waals surface area (Å²) in [7, 11) is 1.82. The molecule has 3 aromatic rings. The summed E-state index contributed by atoms with van der Waals surface area (Å²) in [6.07, 6.45) is 1.52. The van der Waals surface area contributed by atoms with E-state index in [-0.39, 0.29) is 5.91 Å². The van der Waals surface area contributed by atoms with Gasteiger partial charge in [-0.25, -0.2) is 4.98 Å². The van der Waals surface area contributed by atoms with Gasteiger partial charge in [-0.2, -0.15) is 19.7 Å². The molecule has 4 rings (SSSR count). The van der Waals surface area contributed by atoms with Crippen LogP contribution in [0.5, 0.6) is 0 Å². The molecule has 0 atom stereocenters. The number of hydrogen-bond acceptors (Lipinski definition) is 7. The Morgan fingerprint density at radius 1 is 1.15 bits per heavy atom. The van der Waals surface area contributed by atoms with Crippen LogP contribution in [0.2, 0.25) is 0 Å². The van der Waals surface area contributed by atoms with Crippen LogP contribution in [0, 0.1) is 13.8 Å². The Hall–Kier alpha value is -3.01. The maximum Gasteiger partial charge on any atom is 0.254 e. The minimum absolute atomic E-state index is 0.0233. The van der Waals surface area contributed by atoms with Gasteiger partial charge in [-0.05, 0) is 13.8 Å². The second-order valence-corrected chi connectivity index (χ2v) is 6.83. The van der Waals surface area contributed by atoms with Crippen molar-refractivity contribution in [2.24, 2.45) is 7.05 Å². The van der Waals surface area contributed by atoms with E-state index in [1.54, 1.807) is 9.20 Å². The van der Waals surface area contributed by atoms with E-state index >= 15 is 0 Å². The molecule has 1 N–H and O–H groups in total. The molecule has 0 radical (unpaired) electrons. The third-order valence-electron chi connectivity index (χ3n) is 4.69. The molecule has 3 aromatic heterocycles. The fraction of sp³-hybridized carbons (Fsp3) is 0.471. The maximum atomic E-state index is 12.3. The highest BCUT2D eigenvalue weighted by molar-refractivity contribution is 5.91. The summed E-state index contributed by atoms with van der Waals surface area (Å²) in [4.78, 5) is 25.3. The summed E-state index contributed by atoms with van der Waals surface area (Å²) in [6, 6.07) is 3.89. The van der Waals surface area contributed by atoms with E-state index in [2.05, 4.69) is 35.3 Å². The largest absolute Gasteiger partial charge is 0.354 e. The molecule has 1 aliphatic heterocycles. The van der Waals surface area contributed by atoms with E-state index in [9.17, 15) is 4.79 Å². The molecule has 0 unspecified atom stereocenters. The number of nitrogens with zero attached hydrogens (tertiary/aromatic N) is 8. The first-order valence-electron chi connectivity index (χ1n) is 8.95. The van der Waals surface area contributed by atoms with Crippen molar-refractivity contribution >= 4 is 23.3 Å². The van der Waals surface area contributed by atoms with Crippen LogP contribution in [0.25, 0.3) is 5.78 Å².